The predicted molar refractivity (Wildman–Crippen MR) is 325 cm³/mol. The summed E-state index contributed by atoms with van der Waals surface area (Å²) in [6.45, 7) is 6.48. The van der Waals surface area contributed by atoms with Crippen molar-refractivity contribution in [3.05, 3.63) is 97.2 Å². The maximum Gasteiger partial charge on any atom is 0.306 e. The van der Waals surface area contributed by atoms with Gasteiger partial charge in [-0.3, -0.25) is 14.4 Å². The van der Waals surface area contributed by atoms with Crippen molar-refractivity contribution in [2.75, 3.05) is 13.2 Å². The van der Waals surface area contributed by atoms with Gasteiger partial charge in [0.1, 0.15) is 13.2 Å². The monoisotopic (exact) mass is 1040 g/mol. The van der Waals surface area contributed by atoms with Crippen LogP contribution in [0.5, 0.6) is 0 Å². The van der Waals surface area contributed by atoms with E-state index in [1.807, 2.05) is 0 Å². The highest BCUT2D eigenvalue weighted by Crippen LogP contribution is 2.16. The molecular weight excluding hydrogens is 925 g/mol. The molecule has 75 heavy (non-hydrogen) atoms. The van der Waals surface area contributed by atoms with E-state index in [-0.39, 0.29) is 31.1 Å². The molecule has 0 spiro atoms. The maximum atomic E-state index is 12.9. The standard InChI is InChI=1S/C69H118O6/c1-4-7-10-13-16-19-22-25-28-30-31-32-33-34-35-36-37-38-39-40-42-44-47-50-53-56-59-62-68(71)74-65-66(64-73-67(70)61-58-55-52-49-46-43-27-24-21-18-15-12-9-6-3)75-69(72)63-60-57-54-51-48-45-41-29-26-23-20-17-14-11-8-5-2/h7,10,15-16,18-19,24-25,27-29,31-32,34-35,41,66H,4-6,8-9,11-14,17,20-23,26,30,33,36-40,42-65H2,1-3H3/b10-7-,18-15-,19-16-,27-24-,28-25-,32-31-,35-34-,41-29-. The number of carbonyl (C=O) groups excluding carboxylic acids is 3. The molecule has 1 unspecified atom stereocenters. The fourth-order valence-electron chi connectivity index (χ4n) is 8.78. The normalized spacial score (nSPS) is 12.7. The Bertz CT molecular complexity index is 1480. The van der Waals surface area contributed by atoms with Gasteiger partial charge in [0.15, 0.2) is 6.10 Å². The Balaban J connectivity index is 4.31. The highest BCUT2D eigenvalue weighted by molar-refractivity contribution is 5.71. The summed E-state index contributed by atoms with van der Waals surface area (Å²) in [6.07, 6.45) is 84.1. The number of carbonyl (C=O) groups is 3. The van der Waals surface area contributed by atoms with Crippen LogP contribution in [0, 0.1) is 0 Å². The van der Waals surface area contributed by atoms with E-state index in [9.17, 15) is 14.4 Å². The summed E-state index contributed by atoms with van der Waals surface area (Å²) in [5, 5.41) is 0. The van der Waals surface area contributed by atoms with Gasteiger partial charge in [0, 0.05) is 19.3 Å². The number of rotatable bonds is 57. The molecule has 0 radical (unpaired) electrons. The van der Waals surface area contributed by atoms with Crippen molar-refractivity contribution in [3.8, 4) is 0 Å². The summed E-state index contributed by atoms with van der Waals surface area (Å²) in [5.41, 5.74) is 0. The first kappa shape index (κ1) is 71.3. The van der Waals surface area contributed by atoms with Gasteiger partial charge in [-0.25, -0.2) is 0 Å². The van der Waals surface area contributed by atoms with E-state index >= 15 is 0 Å². The number of unbranched alkanes of at least 4 members (excludes halogenated alkanes) is 30. The Labute approximate surface area is 464 Å². The highest BCUT2D eigenvalue weighted by Gasteiger charge is 2.19. The molecule has 0 aromatic heterocycles. The van der Waals surface area contributed by atoms with E-state index in [1.54, 1.807) is 0 Å². The predicted octanol–water partition coefficient (Wildman–Crippen LogP) is 21.7. The van der Waals surface area contributed by atoms with Crippen molar-refractivity contribution in [2.24, 2.45) is 0 Å². The highest BCUT2D eigenvalue weighted by atomic mass is 16.6. The van der Waals surface area contributed by atoms with E-state index in [0.29, 0.717) is 19.3 Å². The molecule has 0 saturated carbocycles. The minimum atomic E-state index is -0.790. The van der Waals surface area contributed by atoms with Crippen molar-refractivity contribution >= 4 is 17.9 Å². The summed E-state index contributed by atoms with van der Waals surface area (Å²) in [6, 6.07) is 0. The zero-order valence-corrected chi connectivity index (χ0v) is 49.3. The van der Waals surface area contributed by atoms with Crippen LogP contribution < -0.4 is 0 Å². The summed E-state index contributed by atoms with van der Waals surface area (Å²) in [5.74, 6) is -0.903. The van der Waals surface area contributed by atoms with Crippen molar-refractivity contribution in [3.63, 3.8) is 0 Å². The first-order chi connectivity index (χ1) is 37.0. The molecular formula is C69H118O6. The summed E-state index contributed by atoms with van der Waals surface area (Å²) in [4.78, 5) is 38.3. The number of hydrogen-bond donors (Lipinski definition) is 0. The van der Waals surface area contributed by atoms with Gasteiger partial charge in [0.25, 0.3) is 0 Å². The molecule has 0 aliphatic heterocycles. The van der Waals surface area contributed by atoms with Gasteiger partial charge in [-0.1, -0.05) is 266 Å². The van der Waals surface area contributed by atoms with Crippen LogP contribution in [-0.4, -0.2) is 37.2 Å². The average Bonchev–Trinajstić information content (AvgIpc) is 3.41. The van der Waals surface area contributed by atoms with Crippen LogP contribution in [0.2, 0.25) is 0 Å². The fourth-order valence-corrected chi connectivity index (χ4v) is 8.78. The van der Waals surface area contributed by atoms with Crippen LogP contribution in [0.25, 0.3) is 0 Å². The molecule has 0 saturated heterocycles. The fraction of sp³-hybridized carbons (Fsp3) is 0.725. The third-order valence-corrected chi connectivity index (χ3v) is 13.5. The summed E-state index contributed by atoms with van der Waals surface area (Å²) < 4.78 is 16.9. The first-order valence-electron chi connectivity index (χ1n) is 31.7. The Morgan fingerprint density at radius 1 is 0.280 bits per heavy atom. The van der Waals surface area contributed by atoms with Crippen LogP contribution >= 0.6 is 0 Å². The molecule has 0 fully saturated rings. The molecule has 1 atom stereocenters. The van der Waals surface area contributed by atoms with E-state index in [4.69, 9.17) is 14.2 Å². The maximum absolute atomic E-state index is 12.9. The van der Waals surface area contributed by atoms with Gasteiger partial charge in [0.05, 0.1) is 0 Å². The summed E-state index contributed by atoms with van der Waals surface area (Å²) in [7, 11) is 0. The number of esters is 3. The second-order valence-electron chi connectivity index (χ2n) is 20.9. The second kappa shape index (κ2) is 62.9. The lowest BCUT2D eigenvalue weighted by Crippen LogP contribution is -2.30. The molecule has 430 valence electrons. The molecule has 0 aliphatic rings. The lowest BCUT2D eigenvalue weighted by Gasteiger charge is -2.18. The van der Waals surface area contributed by atoms with Gasteiger partial charge in [-0.15, -0.1) is 0 Å². The van der Waals surface area contributed by atoms with Gasteiger partial charge < -0.3 is 14.2 Å². The molecule has 0 heterocycles. The van der Waals surface area contributed by atoms with E-state index in [2.05, 4.69) is 118 Å². The molecule has 0 amide bonds. The molecule has 0 aromatic rings. The van der Waals surface area contributed by atoms with Crippen LogP contribution in [0.3, 0.4) is 0 Å². The zero-order valence-electron chi connectivity index (χ0n) is 49.3. The second-order valence-corrected chi connectivity index (χ2v) is 20.9. The third kappa shape index (κ3) is 61.1. The lowest BCUT2D eigenvalue weighted by atomic mass is 10.0. The minimum Gasteiger partial charge on any atom is -0.462 e. The molecule has 0 aromatic carbocycles. The van der Waals surface area contributed by atoms with Crippen LogP contribution in [0.4, 0.5) is 0 Å². The van der Waals surface area contributed by atoms with Crippen LogP contribution in [0.1, 0.15) is 303 Å². The van der Waals surface area contributed by atoms with Gasteiger partial charge in [-0.2, -0.15) is 0 Å². The van der Waals surface area contributed by atoms with Crippen molar-refractivity contribution in [1.29, 1.82) is 0 Å². The zero-order chi connectivity index (χ0) is 54.3. The van der Waals surface area contributed by atoms with Crippen LogP contribution in [0.15, 0.2) is 97.2 Å². The SMILES string of the molecule is CC/C=C\C/C=C\C/C=C\C/C=C\C/C=C\CCCCCCCCCCCCCC(=O)OCC(COC(=O)CCCCCCC/C=C\C/C=C\CCCC)OC(=O)CCCCCCC/C=C\CCCCCCCCC. The van der Waals surface area contributed by atoms with Gasteiger partial charge in [0.2, 0.25) is 0 Å². The molecule has 6 heteroatoms. The summed E-state index contributed by atoms with van der Waals surface area (Å²) >= 11 is 0. The smallest absolute Gasteiger partial charge is 0.306 e. The third-order valence-electron chi connectivity index (χ3n) is 13.5. The first-order valence-corrected chi connectivity index (χ1v) is 31.7. The van der Waals surface area contributed by atoms with Crippen molar-refractivity contribution in [2.45, 2.75) is 309 Å². The van der Waals surface area contributed by atoms with E-state index in [1.165, 1.54) is 135 Å². The quantitative estimate of drug-likeness (QED) is 0.0261. The molecule has 0 rings (SSSR count). The Morgan fingerprint density at radius 2 is 0.533 bits per heavy atom. The number of hydrogen-bond acceptors (Lipinski definition) is 6. The largest absolute Gasteiger partial charge is 0.462 e. The van der Waals surface area contributed by atoms with E-state index in [0.717, 1.165) is 128 Å². The molecule has 0 N–H and O–H groups in total. The average molecular weight is 1040 g/mol. The van der Waals surface area contributed by atoms with Crippen LogP contribution in [-0.2, 0) is 28.6 Å². The molecule has 6 nitrogen and oxygen atoms in total. The van der Waals surface area contributed by atoms with Gasteiger partial charge >= 0.3 is 17.9 Å². The Morgan fingerprint density at radius 3 is 0.867 bits per heavy atom. The number of allylic oxidation sites excluding steroid dienone is 16. The number of ether oxygens (including phenoxy) is 3. The minimum absolute atomic E-state index is 0.0860. The Hall–Kier alpha value is -3.67. The molecule has 0 aliphatic carbocycles. The Kier molecular flexibility index (Phi) is 59.8. The van der Waals surface area contributed by atoms with Gasteiger partial charge in [-0.05, 0) is 116 Å². The van der Waals surface area contributed by atoms with E-state index < -0.39 is 6.10 Å². The van der Waals surface area contributed by atoms with Crippen molar-refractivity contribution < 1.29 is 28.6 Å². The molecule has 0 bridgehead atoms. The lowest BCUT2D eigenvalue weighted by molar-refractivity contribution is -0.167. The topological polar surface area (TPSA) is 78.9 Å². The van der Waals surface area contributed by atoms with Crippen molar-refractivity contribution in [1.82, 2.24) is 0 Å².